The molecular weight excluding hydrogens is 328 g/mol. The largest absolute Gasteiger partial charge is 0.272 e. The van der Waals surface area contributed by atoms with Gasteiger partial charge in [-0.3, -0.25) is 14.4 Å². The van der Waals surface area contributed by atoms with E-state index in [4.69, 9.17) is 0 Å². The molecule has 5 heteroatoms. The van der Waals surface area contributed by atoms with Gasteiger partial charge < -0.3 is 0 Å². The van der Waals surface area contributed by atoms with Crippen LogP contribution in [0.25, 0.3) is 10.8 Å². The number of hydrogen-bond donors (Lipinski definition) is 0. The molecule has 4 unspecified atom stereocenters. The van der Waals surface area contributed by atoms with E-state index in [1.54, 1.807) is 0 Å². The van der Waals surface area contributed by atoms with Crippen molar-refractivity contribution >= 4 is 28.5 Å². The molecule has 5 rings (SSSR count). The Morgan fingerprint density at radius 1 is 0.962 bits per heavy atom. The maximum Gasteiger partial charge on any atom is 0.267 e. The third-order valence-corrected chi connectivity index (χ3v) is 5.88. The van der Waals surface area contributed by atoms with Crippen LogP contribution >= 0.6 is 0 Å². The number of allylic oxidation sites excluding steroid dienone is 2. The van der Waals surface area contributed by atoms with Crippen LogP contribution in [0.2, 0.25) is 0 Å². The minimum Gasteiger partial charge on any atom is -0.272 e. The zero-order valence-electron chi connectivity index (χ0n) is 14.0. The van der Waals surface area contributed by atoms with E-state index >= 15 is 0 Å². The van der Waals surface area contributed by atoms with Gasteiger partial charge >= 0.3 is 0 Å². The van der Waals surface area contributed by atoms with Gasteiger partial charge in [0.25, 0.3) is 17.7 Å². The van der Waals surface area contributed by atoms with Gasteiger partial charge in [-0.05, 0) is 34.6 Å². The summed E-state index contributed by atoms with van der Waals surface area (Å²) in [5, 5.41) is 2.87. The van der Waals surface area contributed by atoms with Crippen LogP contribution in [0.3, 0.4) is 0 Å². The Morgan fingerprint density at radius 2 is 1.62 bits per heavy atom. The number of benzene rings is 2. The first-order valence-electron chi connectivity index (χ1n) is 8.91. The van der Waals surface area contributed by atoms with Crippen molar-refractivity contribution in [2.75, 3.05) is 0 Å². The monoisotopic (exact) mass is 345 g/mol. The van der Waals surface area contributed by atoms with Gasteiger partial charge in [-0.15, -0.1) is 5.43 Å². The van der Waals surface area contributed by atoms with Crippen LogP contribution in [0.1, 0.15) is 12.0 Å². The van der Waals surface area contributed by atoms with E-state index in [1.807, 2.05) is 54.6 Å². The third-order valence-electron chi connectivity index (χ3n) is 5.88. The Bertz CT molecular complexity index is 945. The molecule has 2 aromatic rings. The van der Waals surface area contributed by atoms with Crippen molar-refractivity contribution in [2.24, 2.45) is 23.7 Å². The topological polar surface area (TPSA) is 68.6 Å². The summed E-state index contributed by atoms with van der Waals surface area (Å²) >= 11 is 0. The normalized spacial score (nSPS) is 28.8. The highest BCUT2D eigenvalue weighted by Gasteiger charge is 2.60. The van der Waals surface area contributed by atoms with Gasteiger partial charge in [0.15, 0.2) is 0 Å². The minimum atomic E-state index is -0.469. The summed E-state index contributed by atoms with van der Waals surface area (Å²) in [6.45, 7) is 0. The van der Waals surface area contributed by atoms with Crippen molar-refractivity contribution in [2.45, 2.75) is 12.8 Å². The zero-order valence-corrected chi connectivity index (χ0v) is 14.0. The highest BCUT2D eigenvalue weighted by Crippen LogP contribution is 2.52. The molecule has 1 saturated carbocycles. The van der Waals surface area contributed by atoms with Crippen LogP contribution in [0.4, 0.5) is 0 Å². The molecule has 1 radical (unpaired) electrons. The zero-order chi connectivity index (χ0) is 17.8. The average Bonchev–Trinajstić information content (AvgIpc) is 3.32. The lowest BCUT2D eigenvalue weighted by molar-refractivity contribution is -0.150. The smallest absolute Gasteiger partial charge is 0.267 e. The van der Waals surface area contributed by atoms with E-state index in [9.17, 15) is 14.4 Å². The molecule has 2 bridgehead atoms. The molecule has 5 nitrogen and oxygen atoms in total. The van der Waals surface area contributed by atoms with E-state index in [1.165, 1.54) is 0 Å². The summed E-state index contributed by atoms with van der Waals surface area (Å²) in [6, 6.07) is 13.6. The van der Waals surface area contributed by atoms with Crippen molar-refractivity contribution in [1.82, 2.24) is 10.4 Å². The van der Waals surface area contributed by atoms with Gasteiger partial charge in [0.2, 0.25) is 0 Å². The molecular formula is C21H17N2O3. The fourth-order valence-corrected chi connectivity index (χ4v) is 4.74. The van der Waals surface area contributed by atoms with Gasteiger partial charge in [-0.1, -0.05) is 54.6 Å². The van der Waals surface area contributed by atoms with Crippen LogP contribution in [0, 0.1) is 23.7 Å². The first-order chi connectivity index (χ1) is 12.6. The number of nitrogens with zero attached hydrogens (tertiary/aromatic N) is 2. The van der Waals surface area contributed by atoms with Gasteiger partial charge in [-0.2, -0.15) is 5.01 Å². The number of imide groups is 1. The quantitative estimate of drug-likeness (QED) is 0.633. The Balaban J connectivity index is 1.35. The number of carbonyl (C=O) groups excluding carboxylic acids is 3. The van der Waals surface area contributed by atoms with Crippen molar-refractivity contribution in [3.8, 4) is 0 Å². The maximum absolute atomic E-state index is 12.6. The molecule has 2 fully saturated rings. The second-order valence-corrected chi connectivity index (χ2v) is 7.30. The van der Waals surface area contributed by atoms with Gasteiger partial charge in [-0.25, -0.2) is 0 Å². The molecule has 26 heavy (non-hydrogen) atoms. The molecule has 2 aromatic carbocycles. The molecule has 3 amide bonds. The summed E-state index contributed by atoms with van der Waals surface area (Å²) in [5.74, 6) is -1.52. The number of fused-ring (bicyclic) bond motifs is 6. The Hall–Kier alpha value is -2.95. The van der Waals surface area contributed by atoms with Gasteiger partial charge in [0, 0.05) is 0 Å². The molecule has 129 valence electrons. The fourth-order valence-electron chi connectivity index (χ4n) is 4.74. The molecule has 0 N–H and O–H groups in total. The predicted molar refractivity (Wildman–Crippen MR) is 94.4 cm³/mol. The lowest BCUT2D eigenvalue weighted by Gasteiger charge is -2.15. The fraction of sp³-hybridized carbons (Fsp3) is 0.286. The SMILES string of the molecule is O=C(Cc1cccc2ccccc12)[N]N1C(=O)C2C3C=CC(C3)C2C1=O. The second-order valence-electron chi connectivity index (χ2n) is 7.30. The molecule has 0 spiro atoms. The third kappa shape index (κ3) is 2.13. The summed E-state index contributed by atoms with van der Waals surface area (Å²) in [7, 11) is 0. The number of hydrogen-bond acceptors (Lipinski definition) is 3. The number of carbonyl (C=O) groups is 3. The van der Waals surface area contributed by atoms with Crippen LogP contribution in [-0.2, 0) is 20.8 Å². The molecule has 3 aliphatic rings. The minimum absolute atomic E-state index is 0.0683. The van der Waals surface area contributed by atoms with Crippen LogP contribution < -0.4 is 5.43 Å². The Kier molecular flexibility index (Phi) is 3.26. The lowest BCUT2D eigenvalue weighted by atomic mass is 9.85. The Labute approximate surface area is 150 Å². The standard InChI is InChI=1S/C21H17N2O3/c24-17(11-13-6-3-5-12-4-1-2-7-16(12)13)22-23-20(25)18-14-8-9-15(10-14)19(18)21(23)26/h1-9,14-15,18-19H,10-11H2. The van der Waals surface area contributed by atoms with Crippen molar-refractivity contribution in [1.29, 1.82) is 0 Å². The van der Waals surface area contributed by atoms with Gasteiger partial charge in [0.1, 0.15) is 0 Å². The Morgan fingerprint density at radius 3 is 2.35 bits per heavy atom. The maximum atomic E-state index is 12.6. The molecule has 1 saturated heterocycles. The predicted octanol–water partition coefficient (Wildman–Crippen LogP) is 2.24. The summed E-state index contributed by atoms with van der Waals surface area (Å²) in [4.78, 5) is 37.7. The molecule has 2 aliphatic carbocycles. The molecule has 0 aromatic heterocycles. The first-order valence-corrected chi connectivity index (χ1v) is 8.91. The highest BCUT2D eigenvalue weighted by molar-refractivity contribution is 6.07. The van der Waals surface area contributed by atoms with Crippen molar-refractivity contribution in [3.63, 3.8) is 0 Å². The summed E-state index contributed by atoms with van der Waals surface area (Å²) in [6.07, 6.45) is 4.99. The molecule has 4 atom stereocenters. The van der Waals surface area contributed by atoms with E-state index < -0.39 is 5.91 Å². The molecule has 1 heterocycles. The van der Waals surface area contributed by atoms with E-state index in [0.29, 0.717) is 0 Å². The van der Waals surface area contributed by atoms with Crippen molar-refractivity contribution < 1.29 is 14.4 Å². The second kappa shape index (κ2) is 5.53. The van der Waals surface area contributed by atoms with Crippen LogP contribution in [0.15, 0.2) is 54.6 Å². The lowest BCUT2D eigenvalue weighted by Crippen LogP contribution is -2.42. The summed E-state index contributed by atoms with van der Waals surface area (Å²) in [5.41, 5.74) is 4.73. The van der Waals surface area contributed by atoms with Crippen LogP contribution in [-0.4, -0.2) is 22.7 Å². The van der Waals surface area contributed by atoms with Crippen LogP contribution in [0.5, 0.6) is 0 Å². The number of amides is 3. The van der Waals surface area contributed by atoms with E-state index in [0.717, 1.165) is 27.8 Å². The highest BCUT2D eigenvalue weighted by atomic mass is 16.2. The molecule has 1 aliphatic heterocycles. The number of rotatable bonds is 3. The van der Waals surface area contributed by atoms with Gasteiger partial charge in [0.05, 0.1) is 18.3 Å². The van der Waals surface area contributed by atoms with Crippen molar-refractivity contribution in [3.05, 3.63) is 60.2 Å². The average molecular weight is 345 g/mol. The van der Waals surface area contributed by atoms with E-state index in [-0.39, 0.29) is 41.9 Å². The first kappa shape index (κ1) is 15.3. The summed E-state index contributed by atoms with van der Waals surface area (Å²) < 4.78 is 0. The van der Waals surface area contributed by atoms with E-state index in [2.05, 4.69) is 5.43 Å².